The average Bonchev–Trinajstić information content (AvgIpc) is 3.18. The zero-order chi connectivity index (χ0) is 20.2. The van der Waals surface area contributed by atoms with Crippen LogP contribution in [0.4, 0.5) is 4.79 Å². The molecule has 7 heteroatoms. The number of hydrogen-bond donors (Lipinski definition) is 4. The Kier molecular flexibility index (Phi) is 5.29. The number of aromatic nitrogens is 2. The molecule has 3 aromatic rings. The largest absolute Gasteiger partial charge is 0.465 e. The summed E-state index contributed by atoms with van der Waals surface area (Å²) in [6, 6.07) is 13.2. The Bertz CT molecular complexity index is 1030. The summed E-state index contributed by atoms with van der Waals surface area (Å²) in [6.45, 7) is 0.130. The fourth-order valence-electron chi connectivity index (χ4n) is 3.74. The smallest absolute Gasteiger partial charge is 0.404 e. The number of pyridine rings is 1. The van der Waals surface area contributed by atoms with Crippen molar-refractivity contribution in [2.24, 2.45) is 0 Å². The van der Waals surface area contributed by atoms with Crippen molar-refractivity contribution in [2.45, 2.75) is 25.3 Å². The number of rotatable bonds is 6. The SMILES string of the molecule is O=C(O)NC[C@H](Cc1ccccc1)NC(=O)c1cc2c([nH]1)-c1ccncc1CC2. The summed E-state index contributed by atoms with van der Waals surface area (Å²) in [4.78, 5) is 31.2. The lowest BCUT2D eigenvalue weighted by molar-refractivity contribution is 0.0930. The Hall–Kier alpha value is -3.61. The predicted octanol–water partition coefficient (Wildman–Crippen LogP) is 2.78. The molecule has 2 heterocycles. The average molecular weight is 390 g/mol. The van der Waals surface area contributed by atoms with Gasteiger partial charge in [0.15, 0.2) is 0 Å². The van der Waals surface area contributed by atoms with Gasteiger partial charge in [-0.25, -0.2) is 4.79 Å². The monoisotopic (exact) mass is 390 g/mol. The molecular formula is C22H22N4O3. The van der Waals surface area contributed by atoms with Gasteiger partial charge in [-0.05, 0) is 48.1 Å². The van der Waals surface area contributed by atoms with Gasteiger partial charge < -0.3 is 20.7 Å². The number of carbonyl (C=O) groups excluding carboxylic acids is 1. The summed E-state index contributed by atoms with van der Waals surface area (Å²) in [5.41, 5.74) is 5.82. The van der Waals surface area contributed by atoms with Gasteiger partial charge in [0, 0.05) is 30.2 Å². The third-order valence-electron chi connectivity index (χ3n) is 5.14. The highest BCUT2D eigenvalue weighted by atomic mass is 16.4. The maximum atomic E-state index is 12.9. The second-order valence-corrected chi connectivity index (χ2v) is 7.16. The Balaban J connectivity index is 1.52. The summed E-state index contributed by atoms with van der Waals surface area (Å²) in [5, 5.41) is 14.3. The number of hydrogen-bond acceptors (Lipinski definition) is 3. The number of benzene rings is 1. The highest BCUT2D eigenvalue weighted by Gasteiger charge is 2.22. The van der Waals surface area contributed by atoms with Crippen LogP contribution < -0.4 is 10.6 Å². The summed E-state index contributed by atoms with van der Waals surface area (Å²) in [6.07, 6.45) is 4.79. The summed E-state index contributed by atoms with van der Waals surface area (Å²) >= 11 is 0. The molecule has 1 aliphatic carbocycles. The van der Waals surface area contributed by atoms with Gasteiger partial charge in [-0.15, -0.1) is 0 Å². The minimum Gasteiger partial charge on any atom is -0.465 e. The topological polar surface area (TPSA) is 107 Å². The van der Waals surface area contributed by atoms with Crippen molar-refractivity contribution in [1.29, 1.82) is 0 Å². The highest BCUT2D eigenvalue weighted by Crippen LogP contribution is 2.32. The summed E-state index contributed by atoms with van der Waals surface area (Å²) in [5.74, 6) is -0.247. The lowest BCUT2D eigenvalue weighted by Crippen LogP contribution is -2.44. The molecule has 0 aliphatic heterocycles. The maximum absolute atomic E-state index is 12.9. The number of aryl methyl sites for hydroxylation is 2. The van der Waals surface area contributed by atoms with Gasteiger partial charge in [-0.1, -0.05) is 30.3 Å². The van der Waals surface area contributed by atoms with Crippen molar-refractivity contribution in [1.82, 2.24) is 20.6 Å². The van der Waals surface area contributed by atoms with E-state index in [1.807, 2.05) is 48.7 Å². The van der Waals surface area contributed by atoms with E-state index < -0.39 is 6.09 Å². The van der Waals surface area contributed by atoms with Crippen LogP contribution in [0.5, 0.6) is 0 Å². The van der Waals surface area contributed by atoms with E-state index in [0.29, 0.717) is 12.1 Å². The first-order valence-corrected chi connectivity index (χ1v) is 9.57. The number of amides is 2. The molecule has 1 aliphatic rings. The van der Waals surface area contributed by atoms with Crippen LogP contribution >= 0.6 is 0 Å². The molecule has 148 valence electrons. The van der Waals surface area contributed by atoms with Gasteiger partial charge in [-0.3, -0.25) is 9.78 Å². The molecule has 0 bridgehead atoms. The second kappa shape index (κ2) is 8.18. The van der Waals surface area contributed by atoms with Gasteiger partial charge in [0.25, 0.3) is 5.91 Å². The third-order valence-corrected chi connectivity index (χ3v) is 5.14. The number of nitrogens with one attached hydrogen (secondary N) is 3. The zero-order valence-electron chi connectivity index (χ0n) is 15.8. The van der Waals surface area contributed by atoms with E-state index in [4.69, 9.17) is 5.11 Å². The molecule has 1 atom stereocenters. The first-order valence-electron chi connectivity index (χ1n) is 9.57. The fraction of sp³-hybridized carbons (Fsp3) is 0.227. The van der Waals surface area contributed by atoms with E-state index in [9.17, 15) is 9.59 Å². The normalized spacial score (nSPS) is 13.1. The van der Waals surface area contributed by atoms with Crippen molar-refractivity contribution < 1.29 is 14.7 Å². The van der Waals surface area contributed by atoms with Crippen LogP contribution in [-0.2, 0) is 19.3 Å². The minimum atomic E-state index is -1.11. The van der Waals surface area contributed by atoms with Crippen LogP contribution in [-0.4, -0.2) is 39.7 Å². The van der Waals surface area contributed by atoms with E-state index >= 15 is 0 Å². The molecule has 7 nitrogen and oxygen atoms in total. The Labute approximate surface area is 168 Å². The molecule has 4 rings (SSSR count). The van der Waals surface area contributed by atoms with Crippen molar-refractivity contribution in [2.75, 3.05) is 6.54 Å². The van der Waals surface area contributed by atoms with Crippen molar-refractivity contribution in [3.8, 4) is 11.3 Å². The molecule has 1 aromatic carbocycles. The summed E-state index contributed by atoms with van der Waals surface area (Å²) < 4.78 is 0. The number of aromatic amines is 1. The van der Waals surface area contributed by atoms with Crippen LogP contribution in [0.2, 0.25) is 0 Å². The number of fused-ring (bicyclic) bond motifs is 3. The minimum absolute atomic E-state index is 0.130. The van der Waals surface area contributed by atoms with Crippen molar-refractivity contribution in [3.63, 3.8) is 0 Å². The zero-order valence-corrected chi connectivity index (χ0v) is 15.8. The Morgan fingerprint density at radius 3 is 2.72 bits per heavy atom. The molecule has 4 N–H and O–H groups in total. The molecule has 0 fully saturated rings. The van der Waals surface area contributed by atoms with Crippen molar-refractivity contribution in [3.05, 3.63) is 77.2 Å². The molecular weight excluding hydrogens is 368 g/mol. The van der Waals surface area contributed by atoms with E-state index in [-0.39, 0.29) is 18.5 Å². The molecule has 0 saturated heterocycles. The molecule has 29 heavy (non-hydrogen) atoms. The lowest BCUT2D eigenvalue weighted by atomic mass is 9.92. The fourth-order valence-corrected chi connectivity index (χ4v) is 3.74. The lowest BCUT2D eigenvalue weighted by Gasteiger charge is -2.18. The van der Waals surface area contributed by atoms with E-state index in [2.05, 4.69) is 20.6 Å². The first-order chi connectivity index (χ1) is 14.1. The Morgan fingerprint density at radius 2 is 1.93 bits per heavy atom. The van der Waals surface area contributed by atoms with Crippen LogP contribution in [0, 0.1) is 0 Å². The Morgan fingerprint density at radius 1 is 1.14 bits per heavy atom. The quantitative estimate of drug-likeness (QED) is 0.519. The van der Waals surface area contributed by atoms with Crippen LogP contribution in [0.25, 0.3) is 11.3 Å². The standard InChI is InChI=1S/C22H22N4O3/c27-21(25-17(13-24-22(28)29)10-14-4-2-1-3-5-14)19-11-15-6-7-16-12-23-9-8-18(16)20(15)26-19/h1-5,8-9,11-12,17,24,26H,6-7,10,13H2,(H,25,27)(H,28,29)/t17-/m0/s1. The number of carboxylic acid groups (broad SMARTS) is 1. The number of H-pyrrole nitrogens is 1. The van der Waals surface area contributed by atoms with Gasteiger partial charge in [0.05, 0.1) is 6.04 Å². The van der Waals surface area contributed by atoms with Gasteiger partial charge in [0.2, 0.25) is 0 Å². The van der Waals surface area contributed by atoms with Crippen LogP contribution in [0.3, 0.4) is 0 Å². The highest BCUT2D eigenvalue weighted by molar-refractivity contribution is 5.94. The molecule has 2 aromatic heterocycles. The van der Waals surface area contributed by atoms with Gasteiger partial charge in [0.1, 0.15) is 5.69 Å². The molecule has 0 radical (unpaired) electrons. The number of carbonyl (C=O) groups is 2. The van der Waals surface area contributed by atoms with Gasteiger partial charge >= 0.3 is 6.09 Å². The molecule has 2 amide bonds. The molecule has 0 saturated carbocycles. The second-order valence-electron chi connectivity index (χ2n) is 7.16. The first kappa shape index (κ1) is 18.7. The molecule has 0 spiro atoms. The molecule has 0 unspecified atom stereocenters. The van der Waals surface area contributed by atoms with E-state index in [1.54, 1.807) is 6.20 Å². The van der Waals surface area contributed by atoms with E-state index in [0.717, 1.165) is 35.2 Å². The summed E-state index contributed by atoms with van der Waals surface area (Å²) in [7, 11) is 0. The third kappa shape index (κ3) is 4.29. The van der Waals surface area contributed by atoms with Gasteiger partial charge in [-0.2, -0.15) is 0 Å². The van der Waals surface area contributed by atoms with Crippen molar-refractivity contribution >= 4 is 12.0 Å². The van der Waals surface area contributed by atoms with Crippen LogP contribution in [0.1, 0.15) is 27.2 Å². The predicted molar refractivity (Wildman–Crippen MR) is 109 cm³/mol. The van der Waals surface area contributed by atoms with Crippen LogP contribution in [0.15, 0.2) is 54.9 Å². The van der Waals surface area contributed by atoms with E-state index in [1.165, 1.54) is 5.56 Å². The number of nitrogens with zero attached hydrogens (tertiary/aromatic N) is 1. The maximum Gasteiger partial charge on any atom is 0.404 e.